The molecule has 0 fully saturated rings. The zero-order valence-electron chi connectivity index (χ0n) is 33.8. The van der Waals surface area contributed by atoms with E-state index in [1.165, 1.54) is 116 Å². The minimum Gasteiger partial charge on any atom is -0.308 e. The van der Waals surface area contributed by atoms with Crippen molar-refractivity contribution in [2.24, 2.45) is 0 Å². The highest BCUT2D eigenvalue weighted by Gasteiger charge is 2.37. The van der Waals surface area contributed by atoms with Crippen molar-refractivity contribution in [1.82, 2.24) is 0 Å². The number of hydrogen-bond donors (Lipinski definition) is 0. The molecule has 12 rings (SSSR count). The molecule has 0 aromatic heterocycles. The highest BCUT2D eigenvalue weighted by Crippen LogP contribution is 2.55. The molecule has 0 N–H and O–H groups in total. The number of benzene rings is 9. The summed E-state index contributed by atoms with van der Waals surface area (Å²) in [6.07, 6.45) is 4.53. The van der Waals surface area contributed by atoms with Crippen LogP contribution in [-0.4, -0.2) is 0 Å². The molecule has 0 radical (unpaired) electrons. The van der Waals surface area contributed by atoms with Gasteiger partial charge in [0.25, 0.3) is 0 Å². The third kappa shape index (κ3) is 4.79. The Hall–Kier alpha value is -6.96. The molecule has 1 heteroatoms. The summed E-state index contributed by atoms with van der Waals surface area (Å²) in [5, 5.41) is 4.96. The second-order valence-corrected chi connectivity index (χ2v) is 17.7. The van der Waals surface area contributed by atoms with Crippen LogP contribution in [0.5, 0.6) is 0 Å². The van der Waals surface area contributed by atoms with Crippen molar-refractivity contribution in [3.8, 4) is 44.5 Å². The molecule has 9 aromatic rings. The maximum atomic E-state index is 2.52. The fourth-order valence-corrected chi connectivity index (χ4v) is 10.8. The van der Waals surface area contributed by atoms with Crippen molar-refractivity contribution in [1.29, 1.82) is 0 Å². The summed E-state index contributed by atoms with van der Waals surface area (Å²) in [5.41, 5.74) is 21.7. The zero-order valence-corrected chi connectivity index (χ0v) is 33.8. The van der Waals surface area contributed by atoms with Gasteiger partial charge < -0.3 is 4.90 Å². The van der Waals surface area contributed by atoms with E-state index in [0.717, 1.165) is 0 Å². The van der Waals surface area contributed by atoms with E-state index in [4.69, 9.17) is 0 Å². The average Bonchev–Trinajstić information content (AvgIpc) is 3.55. The molecule has 280 valence electrons. The highest BCUT2D eigenvalue weighted by atomic mass is 15.2. The topological polar surface area (TPSA) is 3.24 Å². The molecule has 0 unspecified atom stereocenters. The van der Waals surface area contributed by atoms with E-state index < -0.39 is 0 Å². The summed E-state index contributed by atoms with van der Waals surface area (Å²) in [6.45, 7) is 9.51. The lowest BCUT2D eigenvalue weighted by Gasteiger charge is -2.31. The Bertz CT molecular complexity index is 3230. The fourth-order valence-electron chi connectivity index (χ4n) is 10.8. The lowest BCUT2D eigenvalue weighted by molar-refractivity contribution is 0.660. The Labute approximate surface area is 346 Å². The zero-order chi connectivity index (χ0) is 39.6. The first kappa shape index (κ1) is 34.1. The molecule has 0 saturated carbocycles. The van der Waals surface area contributed by atoms with Crippen LogP contribution in [-0.2, 0) is 10.8 Å². The van der Waals surface area contributed by atoms with Gasteiger partial charge >= 0.3 is 0 Å². The minimum atomic E-state index is -0.111. The number of rotatable bonds is 3. The first-order valence-corrected chi connectivity index (χ1v) is 20.9. The predicted molar refractivity (Wildman–Crippen MR) is 251 cm³/mol. The molecule has 0 spiro atoms. The van der Waals surface area contributed by atoms with Crippen LogP contribution in [0.1, 0.15) is 61.1 Å². The summed E-state index contributed by atoms with van der Waals surface area (Å²) in [4.78, 5) is 2.52. The molecule has 0 bridgehead atoms. The van der Waals surface area contributed by atoms with Gasteiger partial charge in [-0.2, -0.15) is 0 Å². The van der Waals surface area contributed by atoms with Gasteiger partial charge in [-0.15, -0.1) is 0 Å². The number of anilines is 3. The Morgan fingerprint density at radius 1 is 0.339 bits per heavy atom. The fraction of sp³-hybridized carbons (Fsp3) is 0.103. The standard InChI is InChI=1S/C58H43N/c1-57(2)49-21-11-9-17-41(49)43-30-27-39(34-51(43)57)38-28-32-47-48(33-38)55(40-29-31-44-42-18-10-12-22-50(42)58(3,4)52(44)35-40)45-19-7-8-20-46(45)56(47)59-53-23-13-5-15-36(53)25-26-37-16-6-14-24-54(37)59/h5-35H,1-4H3. The van der Waals surface area contributed by atoms with Gasteiger partial charge in [0.1, 0.15) is 0 Å². The third-order valence-electron chi connectivity index (χ3n) is 13.8. The normalized spacial score (nSPS) is 14.9. The molecule has 1 aliphatic heterocycles. The number of nitrogens with zero attached hydrogens (tertiary/aromatic N) is 1. The Balaban J connectivity index is 1.17. The monoisotopic (exact) mass is 753 g/mol. The molecule has 2 aliphatic carbocycles. The first-order chi connectivity index (χ1) is 28.8. The number of fused-ring (bicyclic) bond motifs is 10. The number of hydrogen-bond acceptors (Lipinski definition) is 1. The smallest absolute Gasteiger partial charge is 0.0619 e. The van der Waals surface area contributed by atoms with E-state index in [9.17, 15) is 0 Å². The largest absolute Gasteiger partial charge is 0.308 e. The summed E-state index contributed by atoms with van der Waals surface area (Å²) >= 11 is 0. The lowest BCUT2D eigenvalue weighted by Crippen LogP contribution is -2.15. The third-order valence-corrected chi connectivity index (χ3v) is 13.8. The Morgan fingerprint density at radius 2 is 0.780 bits per heavy atom. The molecule has 0 atom stereocenters. The Morgan fingerprint density at radius 3 is 1.41 bits per heavy atom. The van der Waals surface area contributed by atoms with Gasteiger partial charge in [-0.1, -0.05) is 185 Å². The van der Waals surface area contributed by atoms with Gasteiger partial charge in [0.05, 0.1) is 17.1 Å². The molecule has 0 saturated heterocycles. The number of para-hydroxylation sites is 2. The van der Waals surface area contributed by atoms with E-state index in [-0.39, 0.29) is 10.8 Å². The van der Waals surface area contributed by atoms with Crippen LogP contribution < -0.4 is 4.90 Å². The quantitative estimate of drug-likeness (QED) is 0.162. The van der Waals surface area contributed by atoms with Crippen LogP contribution in [0.3, 0.4) is 0 Å². The van der Waals surface area contributed by atoms with Gasteiger partial charge in [-0.05, 0) is 119 Å². The van der Waals surface area contributed by atoms with Crippen LogP contribution >= 0.6 is 0 Å². The molecule has 3 aliphatic rings. The molecular weight excluding hydrogens is 711 g/mol. The van der Waals surface area contributed by atoms with Crippen molar-refractivity contribution >= 4 is 50.8 Å². The van der Waals surface area contributed by atoms with E-state index in [1.807, 2.05) is 0 Å². The summed E-state index contributed by atoms with van der Waals surface area (Å²) in [7, 11) is 0. The molecule has 9 aromatic carbocycles. The van der Waals surface area contributed by atoms with E-state index >= 15 is 0 Å². The van der Waals surface area contributed by atoms with Crippen LogP contribution in [0.15, 0.2) is 176 Å². The van der Waals surface area contributed by atoms with Gasteiger partial charge in [0.15, 0.2) is 0 Å². The minimum absolute atomic E-state index is 0.0797. The van der Waals surface area contributed by atoms with Gasteiger partial charge in [-0.3, -0.25) is 0 Å². The lowest BCUT2D eigenvalue weighted by atomic mass is 9.80. The van der Waals surface area contributed by atoms with E-state index in [2.05, 4.69) is 221 Å². The highest BCUT2D eigenvalue weighted by molar-refractivity contribution is 6.23. The van der Waals surface area contributed by atoms with Crippen molar-refractivity contribution < 1.29 is 0 Å². The van der Waals surface area contributed by atoms with Crippen molar-refractivity contribution in [3.05, 3.63) is 209 Å². The summed E-state index contributed by atoms with van der Waals surface area (Å²) in [5.74, 6) is 0. The van der Waals surface area contributed by atoms with Gasteiger partial charge in [-0.25, -0.2) is 0 Å². The second kappa shape index (κ2) is 12.3. The van der Waals surface area contributed by atoms with Crippen LogP contribution in [0.25, 0.3) is 78.2 Å². The van der Waals surface area contributed by atoms with Crippen LogP contribution in [0.4, 0.5) is 17.1 Å². The Kier molecular flexibility index (Phi) is 7.10. The van der Waals surface area contributed by atoms with Gasteiger partial charge in [0.2, 0.25) is 0 Å². The van der Waals surface area contributed by atoms with Gasteiger partial charge in [0, 0.05) is 21.6 Å². The molecule has 1 heterocycles. The van der Waals surface area contributed by atoms with Crippen molar-refractivity contribution in [3.63, 3.8) is 0 Å². The summed E-state index contributed by atoms with van der Waals surface area (Å²) < 4.78 is 0. The molecular formula is C58H43N. The van der Waals surface area contributed by atoms with E-state index in [1.54, 1.807) is 0 Å². The van der Waals surface area contributed by atoms with Crippen LogP contribution in [0, 0.1) is 0 Å². The predicted octanol–water partition coefficient (Wildman–Crippen LogP) is 15.9. The molecule has 1 nitrogen and oxygen atoms in total. The average molecular weight is 754 g/mol. The molecule has 0 amide bonds. The first-order valence-electron chi connectivity index (χ1n) is 20.9. The summed E-state index contributed by atoms with van der Waals surface area (Å²) in [6, 6.07) is 66.3. The molecule has 59 heavy (non-hydrogen) atoms. The maximum Gasteiger partial charge on any atom is 0.0619 e. The van der Waals surface area contributed by atoms with Crippen LogP contribution in [0.2, 0.25) is 0 Å². The van der Waals surface area contributed by atoms with Crippen molar-refractivity contribution in [2.75, 3.05) is 4.90 Å². The second-order valence-electron chi connectivity index (χ2n) is 17.7. The van der Waals surface area contributed by atoms with Crippen molar-refractivity contribution in [2.45, 2.75) is 38.5 Å². The SMILES string of the molecule is CC1(C)c2ccccc2-c2ccc(-c3ccc4c(N5c6ccccc6C=Cc6ccccc65)c5ccccc5c(-c5ccc6c(c5)C(C)(C)c5ccccc5-6)c4c3)cc21. The van der Waals surface area contributed by atoms with E-state index in [0.29, 0.717) is 0 Å². The maximum absolute atomic E-state index is 2.52.